The number of nitrogens with one attached hydrogen (secondary N) is 2. The van der Waals surface area contributed by atoms with Gasteiger partial charge in [0, 0.05) is 45.7 Å². The predicted molar refractivity (Wildman–Crippen MR) is 132 cm³/mol. The molecule has 1 aliphatic rings. The van der Waals surface area contributed by atoms with Crippen molar-refractivity contribution in [3.05, 3.63) is 76.8 Å². The van der Waals surface area contributed by atoms with E-state index in [1.54, 1.807) is 0 Å². The van der Waals surface area contributed by atoms with Gasteiger partial charge in [-0.3, -0.25) is 9.89 Å². The van der Waals surface area contributed by atoms with Crippen LogP contribution in [-0.4, -0.2) is 29.2 Å². The molecule has 0 unspecified atom stereocenters. The average molecular weight is 465 g/mol. The Morgan fingerprint density at radius 1 is 0.969 bits per heavy atom. The number of nitrogens with zero attached hydrogens (tertiary/aromatic N) is 2. The van der Waals surface area contributed by atoms with Crippen LogP contribution in [0.1, 0.15) is 12.8 Å². The van der Waals surface area contributed by atoms with E-state index in [1.807, 2.05) is 54.6 Å². The Hall–Kier alpha value is -3.02. The molecule has 5 rings (SSSR count). The number of hydrogen-bond acceptors (Lipinski definition) is 3. The van der Waals surface area contributed by atoms with Gasteiger partial charge < -0.3 is 10.2 Å². The number of rotatable bonds is 4. The molecule has 1 saturated heterocycles. The molecule has 32 heavy (non-hydrogen) atoms. The smallest absolute Gasteiger partial charge is 0.228 e. The first-order chi connectivity index (χ1) is 15.6. The number of benzene rings is 3. The molecule has 1 fully saturated rings. The molecule has 5 nitrogen and oxygen atoms in total. The lowest BCUT2D eigenvalue weighted by Crippen LogP contribution is -2.38. The molecule has 7 heteroatoms. The van der Waals surface area contributed by atoms with Crippen molar-refractivity contribution in [1.29, 1.82) is 0 Å². The third-order valence-electron chi connectivity index (χ3n) is 6.04. The van der Waals surface area contributed by atoms with E-state index < -0.39 is 0 Å². The Morgan fingerprint density at radius 3 is 2.41 bits per heavy atom. The maximum Gasteiger partial charge on any atom is 0.228 e. The zero-order valence-electron chi connectivity index (χ0n) is 17.3. The summed E-state index contributed by atoms with van der Waals surface area (Å²) in [5.41, 5.74) is 3.69. The third-order valence-corrected chi connectivity index (χ3v) is 6.67. The topological polar surface area (TPSA) is 61.0 Å². The molecule has 0 spiro atoms. The summed E-state index contributed by atoms with van der Waals surface area (Å²) < 4.78 is 0. The van der Waals surface area contributed by atoms with E-state index in [9.17, 15) is 4.79 Å². The SMILES string of the molecule is O=C(Nc1n[nH]c2ccc(-c3c(Cl)cccc3Cl)cc12)C1CCN(c2ccccc2)CC1. The van der Waals surface area contributed by atoms with Crippen molar-refractivity contribution in [1.82, 2.24) is 10.2 Å². The Kier molecular flexibility index (Phi) is 5.77. The fraction of sp³-hybridized carbons (Fsp3) is 0.200. The highest BCUT2D eigenvalue weighted by Crippen LogP contribution is 2.37. The first-order valence-corrected chi connectivity index (χ1v) is 11.4. The van der Waals surface area contributed by atoms with Crippen molar-refractivity contribution in [2.45, 2.75) is 12.8 Å². The Bertz CT molecular complexity index is 1240. The van der Waals surface area contributed by atoms with Crippen LogP contribution in [0.25, 0.3) is 22.0 Å². The zero-order valence-corrected chi connectivity index (χ0v) is 18.8. The zero-order chi connectivity index (χ0) is 22.1. The summed E-state index contributed by atoms with van der Waals surface area (Å²) in [6.45, 7) is 1.72. The standard InChI is InChI=1S/C25H22Cl2N4O/c26-20-7-4-8-21(27)23(20)17-9-10-22-19(15-17)24(30-29-22)28-25(32)16-11-13-31(14-12-16)18-5-2-1-3-6-18/h1-10,15-16H,11-14H2,(H2,28,29,30,32). The number of anilines is 2. The maximum absolute atomic E-state index is 13.0. The van der Waals surface area contributed by atoms with Crippen LogP contribution in [0, 0.1) is 5.92 Å². The van der Waals surface area contributed by atoms with Gasteiger partial charge in [-0.1, -0.05) is 53.5 Å². The molecule has 162 valence electrons. The largest absolute Gasteiger partial charge is 0.371 e. The van der Waals surface area contributed by atoms with E-state index in [-0.39, 0.29) is 11.8 Å². The number of amides is 1. The van der Waals surface area contributed by atoms with E-state index in [0.717, 1.165) is 48.0 Å². The molecular formula is C25H22Cl2N4O. The minimum Gasteiger partial charge on any atom is -0.371 e. The molecule has 0 saturated carbocycles. The minimum atomic E-state index is -0.0390. The normalized spacial score (nSPS) is 14.6. The summed E-state index contributed by atoms with van der Waals surface area (Å²) in [5.74, 6) is 0.496. The summed E-state index contributed by atoms with van der Waals surface area (Å²) in [5, 5.41) is 12.4. The number of aromatic nitrogens is 2. The number of hydrogen-bond donors (Lipinski definition) is 2. The molecule has 0 radical (unpaired) electrons. The van der Waals surface area contributed by atoms with Crippen LogP contribution in [0.4, 0.5) is 11.5 Å². The maximum atomic E-state index is 13.0. The van der Waals surface area contributed by atoms with Gasteiger partial charge in [0.15, 0.2) is 5.82 Å². The lowest BCUT2D eigenvalue weighted by Gasteiger charge is -2.32. The summed E-state index contributed by atoms with van der Waals surface area (Å²) in [7, 11) is 0. The van der Waals surface area contributed by atoms with Gasteiger partial charge in [0.1, 0.15) is 0 Å². The van der Waals surface area contributed by atoms with Gasteiger partial charge in [0.05, 0.1) is 5.52 Å². The van der Waals surface area contributed by atoms with Crippen molar-refractivity contribution < 1.29 is 4.79 Å². The lowest BCUT2D eigenvalue weighted by atomic mass is 9.95. The van der Waals surface area contributed by atoms with Gasteiger partial charge in [-0.2, -0.15) is 5.10 Å². The number of carbonyl (C=O) groups is 1. The average Bonchev–Trinajstić information content (AvgIpc) is 3.22. The van der Waals surface area contributed by atoms with E-state index in [4.69, 9.17) is 23.2 Å². The Morgan fingerprint density at radius 2 is 1.69 bits per heavy atom. The number of carbonyl (C=O) groups excluding carboxylic acids is 1. The molecule has 3 aromatic carbocycles. The third kappa shape index (κ3) is 4.06. The number of para-hydroxylation sites is 1. The lowest BCUT2D eigenvalue weighted by molar-refractivity contribution is -0.120. The Balaban J connectivity index is 1.33. The molecule has 1 aliphatic heterocycles. The molecule has 0 atom stereocenters. The fourth-order valence-electron chi connectivity index (χ4n) is 4.30. The van der Waals surface area contributed by atoms with Crippen molar-refractivity contribution in [3.8, 4) is 11.1 Å². The summed E-state index contributed by atoms with van der Waals surface area (Å²) in [4.78, 5) is 15.3. The molecular weight excluding hydrogens is 443 g/mol. The first-order valence-electron chi connectivity index (χ1n) is 10.6. The number of H-pyrrole nitrogens is 1. The number of piperidine rings is 1. The molecule has 2 heterocycles. The molecule has 0 aliphatic carbocycles. The van der Waals surface area contributed by atoms with Crippen molar-refractivity contribution in [2.24, 2.45) is 5.92 Å². The molecule has 1 aromatic heterocycles. The number of aromatic amines is 1. The second-order valence-corrected chi connectivity index (χ2v) is 8.83. The van der Waals surface area contributed by atoms with Gasteiger partial charge in [0.25, 0.3) is 0 Å². The number of halogens is 2. The van der Waals surface area contributed by atoms with Gasteiger partial charge >= 0.3 is 0 Å². The van der Waals surface area contributed by atoms with Gasteiger partial charge in [0.2, 0.25) is 5.91 Å². The molecule has 1 amide bonds. The predicted octanol–water partition coefficient (Wildman–Crippen LogP) is 6.39. The second-order valence-electron chi connectivity index (χ2n) is 8.02. The molecule has 4 aromatic rings. The quantitative estimate of drug-likeness (QED) is 0.367. The summed E-state index contributed by atoms with van der Waals surface area (Å²) in [6, 6.07) is 21.6. The summed E-state index contributed by atoms with van der Waals surface area (Å²) in [6.07, 6.45) is 1.62. The van der Waals surface area contributed by atoms with Gasteiger partial charge in [-0.25, -0.2) is 0 Å². The van der Waals surface area contributed by atoms with Crippen LogP contribution in [0.5, 0.6) is 0 Å². The van der Waals surface area contributed by atoms with E-state index in [1.165, 1.54) is 5.69 Å². The van der Waals surface area contributed by atoms with Crippen LogP contribution in [-0.2, 0) is 4.79 Å². The second kappa shape index (κ2) is 8.85. The minimum absolute atomic E-state index is 0.00675. The van der Waals surface area contributed by atoms with Crippen molar-refractivity contribution in [3.63, 3.8) is 0 Å². The monoisotopic (exact) mass is 464 g/mol. The van der Waals surface area contributed by atoms with E-state index in [0.29, 0.717) is 15.9 Å². The van der Waals surface area contributed by atoms with Crippen molar-refractivity contribution in [2.75, 3.05) is 23.3 Å². The van der Waals surface area contributed by atoms with E-state index in [2.05, 4.69) is 32.5 Å². The molecule has 2 N–H and O–H groups in total. The van der Waals surface area contributed by atoms with Crippen LogP contribution in [0.2, 0.25) is 10.0 Å². The van der Waals surface area contributed by atoms with Crippen LogP contribution >= 0.6 is 23.2 Å². The fourth-order valence-corrected chi connectivity index (χ4v) is 4.91. The Labute approximate surface area is 196 Å². The van der Waals surface area contributed by atoms with Crippen LogP contribution < -0.4 is 10.2 Å². The number of fused-ring (bicyclic) bond motifs is 1. The highest BCUT2D eigenvalue weighted by Gasteiger charge is 2.26. The van der Waals surface area contributed by atoms with Gasteiger partial charge in [-0.05, 0) is 54.8 Å². The van der Waals surface area contributed by atoms with Crippen molar-refractivity contribution >= 4 is 51.5 Å². The van der Waals surface area contributed by atoms with E-state index >= 15 is 0 Å². The first kappa shape index (κ1) is 20.9. The highest BCUT2D eigenvalue weighted by atomic mass is 35.5. The van der Waals surface area contributed by atoms with Crippen LogP contribution in [0.15, 0.2) is 66.7 Å². The van der Waals surface area contributed by atoms with Crippen LogP contribution in [0.3, 0.4) is 0 Å². The summed E-state index contributed by atoms with van der Waals surface area (Å²) >= 11 is 12.8. The van der Waals surface area contributed by atoms with Gasteiger partial charge in [-0.15, -0.1) is 0 Å². The molecule has 0 bridgehead atoms. The highest BCUT2D eigenvalue weighted by molar-refractivity contribution is 6.39.